The Balaban J connectivity index is 0.000000197. The summed E-state index contributed by atoms with van der Waals surface area (Å²) in [6.07, 6.45) is 11.6. The zero-order chi connectivity index (χ0) is 87.6. The number of halogens is 6. The highest BCUT2D eigenvalue weighted by molar-refractivity contribution is 6.33. The van der Waals surface area contributed by atoms with Gasteiger partial charge in [0.25, 0.3) is 0 Å². The van der Waals surface area contributed by atoms with Crippen LogP contribution in [0.5, 0.6) is 34.5 Å². The largest absolute Gasteiger partial charge is 0.618 e. The van der Waals surface area contributed by atoms with E-state index in [9.17, 15) is 10.4 Å². The number of aryl methyl sites for hydroxylation is 3. The van der Waals surface area contributed by atoms with E-state index in [0.29, 0.717) is 108 Å². The second-order valence-electron chi connectivity index (χ2n) is 34.5. The predicted octanol–water partition coefficient (Wildman–Crippen LogP) is 25.9. The van der Waals surface area contributed by atoms with Gasteiger partial charge in [0.15, 0.2) is 25.1 Å². The van der Waals surface area contributed by atoms with E-state index in [1.807, 2.05) is 153 Å². The summed E-state index contributed by atoms with van der Waals surface area (Å²) in [5.74, 6) is 3.90. The third-order valence-corrected chi connectivity index (χ3v) is 20.0. The summed E-state index contributed by atoms with van der Waals surface area (Å²) in [6.45, 7) is 46.3. The number of rotatable bonds is 18. The fourth-order valence-corrected chi connectivity index (χ4v) is 12.3. The van der Waals surface area contributed by atoms with Crippen LogP contribution in [-0.4, -0.2) is 29.9 Å². The van der Waals surface area contributed by atoms with Gasteiger partial charge in [-0.2, -0.15) is 9.46 Å². The first-order valence-corrected chi connectivity index (χ1v) is 41.4. The second kappa shape index (κ2) is 44.0. The maximum atomic E-state index is 11.9. The van der Waals surface area contributed by atoms with Crippen molar-refractivity contribution < 1.29 is 37.9 Å². The Morgan fingerprint density at radius 1 is 0.294 bits per heavy atom. The molecule has 6 aromatic heterocycles. The first-order chi connectivity index (χ1) is 55.8. The van der Waals surface area contributed by atoms with Crippen molar-refractivity contribution in [2.45, 2.75) is 218 Å². The fourth-order valence-electron chi connectivity index (χ4n) is 10.9. The summed E-state index contributed by atoms with van der Waals surface area (Å²) >= 11 is 37.6. The summed E-state index contributed by atoms with van der Waals surface area (Å²) in [7, 11) is 0. The number of aromatic nitrogens is 8. The SMILES string of the molecule is CC(C)(C)c1ccc(OCc2cccc[n+]2[O-])c(Cl)c1.CC(C)(C)c1ccc(OCc2ccccn2)c(Cl)c1.CC(C)(C)c1ccc(OCc2cnccn2)c(Cl)c1.Cc1cccc(COc2ccc(C(C)(C)C)cc2Cl)[n+]1[O-].Cc1cccc(COc2ccc(C(C)(C)C)cc2Cl)n1.Cc1cncc(COc2ccc(C(C)(C)C)cc2Cl)n1. The van der Waals surface area contributed by atoms with Gasteiger partial charge in [0.1, 0.15) is 60.9 Å². The number of benzene rings is 6. The number of pyridine rings is 4. The number of ether oxygens (including phenoxy) is 6. The van der Waals surface area contributed by atoms with Crippen LogP contribution in [0, 0.1) is 31.2 Å². The molecule has 0 spiro atoms. The zero-order valence-electron chi connectivity index (χ0n) is 72.2. The van der Waals surface area contributed by atoms with Gasteiger partial charge in [0.05, 0.1) is 71.0 Å². The molecule has 0 saturated carbocycles. The topological polar surface area (TPSA) is 187 Å². The molecule has 12 aromatic rings. The van der Waals surface area contributed by atoms with Crippen molar-refractivity contribution in [1.82, 2.24) is 29.9 Å². The highest BCUT2D eigenvalue weighted by atomic mass is 35.5. The summed E-state index contributed by atoms with van der Waals surface area (Å²) in [4.78, 5) is 25.2. The van der Waals surface area contributed by atoms with Gasteiger partial charge >= 0.3 is 0 Å². The highest BCUT2D eigenvalue weighted by Gasteiger charge is 2.23. The van der Waals surface area contributed by atoms with Crippen LogP contribution in [0.2, 0.25) is 30.1 Å². The molecule has 0 saturated heterocycles. The van der Waals surface area contributed by atoms with Crippen molar-refractivity contribution in [3.8, 4) is 34.5 Å². The molecule has 6 aromatic carbocycles. The molecule has 0 aliphatic heterocycles. The zero-order valence-corrected chi connectivity index (χ0v) is 76.8. The van der Waals surface area contributed by atoms with Crippen LogP contribution in [0.25, 0.3) is 0 Å². The molecule has 0 aliphatic carbocycles. The molecular formula is C97H112Cl6N8O8. The minimum absolute atomic E-state index is 0.0384. The summed E-state index contributed by atoms with van der Waals surface area (Å²) in [5.41, 5.74) is 14.4. The third kappa shape index (κ3) is 32.0. The summed E-state index contributed by atoms with van der Waals surface area (Å²) < 4.78 is 35.8. The first kappa shape index (κ1) is 96.4. The molecule has 0 atom stereocenters. The van der Waals surface area contributed by atoms with Crippen molar-refractivity contribution >= 4 is 69.6 Å². The van der Waals surface area contributed by atoms with Crippen LogP contribution < -0.4 is 37.9 Å². The molecule has 0 bridgehead atoms. The molecule has 630 valence electrons. The molecule has 0 fully saturated rings. The van der Waals surface area contributed by atoms with Crippen LogP contribution in [0.15, 0.2) is 225 Å². The molecule has 0 amide bonds. The molecule has 22 heteroatoms. The maximum Gasteiger partial charge on any atom is 0.230 e. The lowest BCUT2D eigenvalue weighted by Gasteiger charge is -2.20. The molecule has 0 aliphatic rings. The quantitative estimate of drug-likeness (QED) is 0.0583. The van der Waals surface area contributed by atoms with Crippen LogP contribution in [0.3, 0.4) is 0 Å². The van der Waals surface area contributed by atoms with E-state index in [0.717, 1.165) is 54.8 Å². The lowest BCUT2D eigenvalue weighted by Crippen LogP contribution is -2.35. The minimum Gasteiger partial charge on any atom is -0.618 e. The number of hydrogen-bond donors (Lipinski definition) is 0. The first-order valence-electron chi connectivity index (χ1n) is 39.1. The summed E-state index contributed by atoms with van der Waals surface area (Å²) in [5, 5.41) is 27.0. The molecule has 0 N–H and O–H groups in total. The van der Waals surface area contributed by atoms with E-state index in [4.69, 9.17) is 98.0 Å². The van der Waals surface area contributed by atoms with Gasteiger partial charge in [-0.15, -0.1) is 0 Å². The third-order valence-electron chi connectivity index (χ3n) is 18.2. The predicted molar refractivity (Wildman–Crippen MR) is 484 cm³/mol. The maximum absolute atomic E-state index is 11.9. The van der Waals surface area contributed by atoms with E-state index >= 15 is 0 Å². The molecule has 0 unspecified atom stereocenters. The van der Waals surface area contributed by atoms with E-state index in [2.05, 4.69) is 167 Å². The van der Waals surface area contributed by atoms with Gasteiger partial charge in [-0.05, 0) is 189 Å². The molecular weight excluding hydrogens is 1620 g/mol. The van der Waals surface area contributed by atoms with Gasteiger partial charge < -0.3 is 38.8 Å². The Morgan fingerprint density at radius 2 is 0.622 bits per heavy atom. The minimum atomic E-state index is 0.0384. The molecule has 119 heavy (non-hydrogen) atoms. The lowest BCUT2D eigenvalue weighted by atomic mass is 9.87. The van der Waals surface area contributed by atoms with Gasteiger partial charge in [0, 0.05) is 61.7 Å². The van der Waals surface area contributed by atoms with Crippen molar-refractivity contribution in [3.63, 3.8) is 0 Å². The van der Waals surface area contributed by atoms with Crippen LogP contribution in [0.1, 0.15) is 209 Å². The average Bonchev–Trinajstić information content (AvgIpc) is 0.854. The Morgan fingerprint density at radius 3 is 0.975 bits per heavy atom. The normalized spacial score (nSPS) is 11.4. The Labute approximate surface area is 734 Å². The monoisotopic (exact) mass is 1730 g/mol. The van der Waals surface area contributed by atoms with Crippen molar-refractivity contribution in [3.05, 3.63) is 351 Å². The van der Waals surface area contributed by atoms with Gasteiger partial charge in [-0.1, -0.05) is 243 Å². The number of hydrogen-bond acceptors (Lipinski definition) is 14. The van der Waals surface area contributed by atoms with E-state index in [1.54, 1.807) is 74.4 Å². The van der Waals surface area contributed by atoms with Crippen LogP contribution >= 0.6 is 69.6 Å². The van der Waals surface area contributed by atoms with Crippen molar-refractivity contribution in [2.75, 3.05) is 0 Å². The van der Waals surface area contributed by atoms with Crippen molar-refractivity contribution in [2.24, 2.45) is 0 Å². The lowest BCUT2D eigenvalue weighted by molar-refractivity contribution is -0.622. The number of nitrogens with zero attached hydrogens (tertiary/aromatic N) is 8. The summed E-state index contributed by atoms with van der Waals surface area (Å²) in [6, 6.07) is 57.5. The van der Waals surface area contributed by atoms with E-state index in [-0.39, 0.29) is 45.7 Å². The van der Waals surface area contributed by atoms with Crippen LogP contribution in [-0.2, 0) is 72.1 Å². The molecule has 16 nitrogen and oxygen atoms in total. The molecule has 0 radical (unpaired) electrons. The van der Waals surface area contributed by atoms with Gasteiger partial charge in [-0.3, -0.25) is 29.9 Å². The molecule has 6 heterocycles. The van der Waals surface area contributed by atoms with Crippen molar-refractivity contribution in [1.29, 1.82) is 0 Å². The van der Waals surface area contributed by atoms with E-state index < -0.39 is 0 Å². The smallest absolute Gasteiger partial charge is 0.230 e. The molecule has 12 rings (SSSR count). The average molecular weight is 1730 g/mol. The Hall–Kier alpha value is -9.78. The van der Waals surface area contributed by atoms with Gasteiger partial charge in [-0.25, -0.2) is 0 Å². The highest BCUT2D eigenvalue weighted by Crippen LogP contribution is 2.38. The fraction of sp³-hybridized carbons (Fsp3) is 0.340. The standard InChI is InChI=1S/C17H20ClNO2.C17H20ClNO.C16H19ClN2O.C16H18ClNO2.C16H18ClNO.C15H17ClN2O/c1-12-6-5-7-14(19(12)20)11-21-16-9-8-13(10-15(16)18)17(2,3)4;1-12-6-5-7-14(19-12)11-20-16-9-8-13(10-15(16)18)17(2,3)4;1-11-8-18-9-13(19-11)10-20-15-6-5-12(7-14(15)17)16(2,3)4;1-16(2,3)12-7-8-15(14(17)10-12)20-11-13-6-4-5-9-18(13)19;1-16(2,3)12-7-8-15(14(17)10-12)19-11-13-6-4-5-9-18-13;1-15(2,3)11-4-5-14(13(16)8-11)19-10-12-9-17-6-7-18-12/h5-10H,11H2,1-4H3;5-10H,11H2,1-4H3;5-9H,10H2,1-4H3;4-10H,11H2,1-3H3;4-10H,11H2,1-3H3;4-9H,10H2,1-3H3. The van der Waals surface area contributed by atoms with Gasteiger partial charge in [0.2, 0.25) is 11.4 Å². The Bertz CT molecular complexity index is 5020. The van der Waals surface area contributed by atoms with Crippen LogP contribution in [0.4, 0.5) is 0 Å². The van der Waals surface area contributed by atoms with E-state index in [1.165, 1.54) is 28.5 Å². The Kier molecular flexibility index (Phi) is 35.6. The second-order valence-corrected chi connectivity index (χ2v) is 37.0.